The summed E-state index contributed by atoms with van der Waals surface area (Å²) in [5, 5.41) is 4.22. The Balaban J connectivity index is 2.16. The zero-order valence-corrected chi connectivity index (χ0v) is 13.2. The van der Waals surface area contributed by atoms with E-state index in [4.69, 9.17) is 15.2 Å². The molecule has 0 atom stereocenters. The smallest absolute Gasteiger partial charge is 0.175 e. The Hall–Kier alpha value is -1.53. The monoisotopic (exact) mass is 339 g/mol. The fraction of sp³-hybridized carbons (Fsp3) is 0.357. The number of rotatable bonds is 6. The number of aryl methyl sites for hydroxylation is 1. The molecule has 1 aromatic carbocycles. The normalized spacial score (nSPS) is 10.6. The number of halogens is 1. The summed E-state index contributed by atoms with van der Waals surface area (Å²) in [6, 6.07) is 3.82. The average molecular weight is 340 g/mol. The predicted molar refractivity (Wildman–Crippen MR) is 80.8 cm³/mol. The second kappa shape index (κ2) is 6.76. The van der Waals surface area contributed by atoms with Crippen molar-refractivity contribution in [1.82, 2.24) is 9.78 Å². The lowest BCUT2D eigenvalue weighted by atomic mass is 10.2. The van der Waals surface area contributed by atoms with Gasteiger partial charge in [-0.25, -0.2) is 0 Å². The highest BCUT2D eigenvalue weighted by molar-refractivity contribution is 9.10. The molecule has 0 radical (unpaired) electrons. The van der Waals surface area contributed by atoms with Gasteiger partial charge in [0.25, 0.3) is 0 Å². The van der Waals surface area contributed by atoms with E-state index in [1.807, 2.05) is 29.9 Å². The van der Waals surface area contributed by atoms with Crippen molar-refractivity contribution >= 4 is 15.9 Å². The molecule has 0 aliphatic rings. The van der Waals surface area contributed by atoms with E-state index >= 15 is 0 Å². The molecule has 6 heteroatoms. The molecule has 0 amide bonds. The lowest BCUT2D eigenvalue weighted by molar-refractivity contribution is 0.282. The zero-order chi connectivity index (χ0) is 14.5. The Bertz CT molecular complexity index is 584. The fourth-order valence-corrected chi connectivity index (χ4v) is 2.44. The second-order valence-corrected chi connectivity index (χ2v) is 5.16. The molecule has 1 heterocycles. The van der Waals surface area contributed by atoms with Crippen LogP contribution in [0.15, 0.2) is 29.0 Å². The highest BCUT2D eigenvalue weighted by Gasteiger charge is 2.12. The molecular weight excluding hydrogens is 322 g/mol. The molecular formula is C14H18BrN3O2. The first kappa shape index (κ1) is 14.9. The summed E-state index contributed by atoms with van der Waals surface area (Å²) < 4.78 is 13.9. The van der Waals surface area contributed by atoms with Gasteiger partial charge in [0.2, 0.25) is 0 Å². The van der Waals surface area contributed by atoms with Gasteiger partial charge in [0.05, 0.1) is 17.8 Å². The highest BCUT2D eigenvalue weighted by atomic mass is 79.9. The largest absolute Gasteiger partial charge is 0.493 e. The summed E-state index contributed by atoms with van der Waals surface area (Å²) in [5.74, 6) is 1.34. The van der Waals surface area contributed by atoms with Crippen molar-refractivity contribution in [2.24, 2.45) is 5.73 Å². The van der Waals surface area contributed by atoms with Crippen LogP contribution in [0.25, 0.3) is 0 Å². The quantitative estimate of drug-likeness (QED) is 0.878. The Kier molecular flexibility index (Phi) is 5.03. The van der Waals surface area contributed by atoms with E-state index < -0.39 is 0 Å². The van der Waals surface area contributed by atoms with Crippen LogP contribution in [0.2, 0.25) is 0 Å². The van der Waals surface area contributed by atoms with E-state index in [9.17, 15) is 0 Å². The number of hydrogen-bond acceptors (Lipinski definition) is 4. The molecule has 20 heavy (non-hydrogen) atoms. The molecule has 2 rings (SSSR count). The summed E-state index contributed by atoms with van der Waals surface area (Å²) in [7, 11) is 1.62. The van der Waals surface area contributed by atoms with Crippen molar-refractivity contribution in [3.63, 3.8) is 0 Å². The van der Waals surface area contributed by atoms with Crippen LogP contribution in [-0.2, 0) is 19.7 Å². The number of ether oxygens (including phenoxy) is 2. The molecule has 0 saturated heterocycles. The Labute approximate surface area is 126 Å². The van der Waals surface area contributed by atoms with Gasteiger partial charge in [-0.2, -0.15) is 5.10 Å². The summed E-state index contributed by atoms with van der Waals surface area (Å²) in [6.07, 6.45) is 3.77. The van der Waals surface area contributed by atoms with Crippen LogP contribution in [0.5, 0.6) is 11.5 Å². The van der Waals surface area contributed by atoms with Gasteiger partial charge >= 0.3 is 0 Å². The lowest BCUT2D eigenvalue weighted by Gasteiger charge is -2.13. The Morgan fingerprint density at radius 1 is 1.35 bits per heavy atom. The van der Waals surface area contributed by atoms with Gasteiger partial charge in [-0.1, -0.05) is 0 Å². The molecule has 0 aliphatic carbocycles. The number of aromatic nitrogens is 2. The van der Waals surface area contributed by atoms with Gasteiger partial charge in [0.15, 0.2) is 11.5 Å². The first-order valence-corrected chi connectivity index (χ1v) is 7.17. The topological polar surface area (TPSA) is 62.3 Å². The summed E-state index contributed by atoms with van der Waals surface area (Å²) in [6.45, 7) is 3.79. The van der Waals surface area contributed by atoms with Crippen molar-refractivity contribution in [1.29, 1.82) is 0 Å². The summed E-state index contributed by atoms with van der Waals surface area (Å²) >= 11 is 3.49. The van der Waals surface area contributed by atoms with Gasteiger partial charge in [0, 0.05) is 24.8 Å². The lowest BCUT2D eigenvalue weighted by Crippen LogP contribution is -2.01. The van der Waals surface area contributed by atoms with Gasteiger partial charge in [-0.15, -0.1) is 0 Å². The maximum atomic E-state index is 5.84. The van der Waals surface area contributed by atoms with Crippen LogP contribution in [0.1, 0.15) is 18.1 Å². The molecule has 0 bridgehead atoms. The first-order valence-electron chi connectivity index (χ1n) is 6.38. The summed E-state index contributed by atoms with van der Waals surface area (Å²) in [4.78, 5) is 0. The molecule has 0 unspecified atom stereocenters. The maximum absolute atomic E-state index is 5.84. The third-order valence-corrected chi connectivity index (χ3v) is 3.51. The predicted octanol–water partition coefficient (Wildman–Crippen LogP) is 2.71. The van der Waals surface area contributed by atoms with Crippen LogP contribution in [0.4, 0.5) is 0 Å². The third kappa shape index (κ3) is 3.32. The summed E-state index contributed by atoms with van der Waals surface area (Å²) in [5.41, 5.74) is 7.65. The molecule has 0 saturated carbocycles. The van der Waals surface area contributed by atoms with Crippen LogP contribution >= 0.6 is 15.9 Å². The Morgan fingerprint density at radius 3 is 2.75 bits per heavy atom. The molecule has 5 nitrogen and oxygen atoms in total. The van der Waals surface area contributed by atoms with E-state index in [1.54, 1.807) is 13.3 Å². The van der Waals surface area contributed by atoms with Crippen molar-refractivity contribution in [3.8, 4) is 11.5 Å². The number of nitrogens with two attached hydrogens (primary N) is 1. The first-order chi connectivity index (χ1) is 9.67. The minimum atomic E-state index is 0.441. The molecule has 0 aliphatic heterocycles. The molecule has 1 aromatic heterocycles. The van der Waals surface area contributed by atoms with Gasteiger partial charge < -0.3 is 15.2 Å². The molecule has 2 aromatic rings. The van der Waals surface area contributed by atoms with Crippen molar-refractivity contribution in [2.45, 2.75) is 26.6 Å². The SMILES string of the molecule is CCn1cc(COc2c(Br)cc(CN)cc2OC)cn1. The number of methoxy groups -OCH3 is 1. The van der Waals surface area contributed by atoms with Crippen molar-refractivity contribution in [3.05, 3.63) is 40.1 Å². The minimum Gasteiger partial charge on any atom is -0.493 e. The molecule has 108 valence electrons. The van der Waals surface area contributed by atoms with Crippen LogP contribution < -0.4 is 15.2 Å². The van der Waals surface area contributed by atoms with Crippen molar-refractivity contribution in [2.75, 3.05) is 7.11 Å². The highest BCUT2D eigenvalue weighted by Crippen LogP contribution is 2.37. The number of hydrogen-bond donors (Lipinski definition) is 1. The van der Waals surface area contributed by atoms with E-state index in [2.05, 4.69) is 21.0 Å². The molecule has 0 spiro atoms. The van der Waals surface area contributed by atoms with Gasteiger partial charge in [-0.05, 0) is 40.5 Å². The minimum absolute atomic E-state index is 0.441. The number of benzene rings is 1. The zero-order valence-electron chi connectivity index (χ0n) is 11.6. The van der Waals surface area contributed by atoms with Gasteiger partial charge in [-0.3, -0.25) is 4.68 Å². The van der Waals surface area contributed by atoms with E-state index in [0.29, 0.717) is 24.7 Å². The number of nitrogens with zero attached hydrogens (tertiary/aromatic N) is 2. The third-order valence-electron chi connectivity index (χ3n) is 2.92. The van der Waals surface area contributed by atoms with Gasteiger partial charge in [0.1, 0.15) is 6.61 Å². The van der Waals surface area contributed by atoms with Crippen LogP contribution in [-0.4, -0.2) is 16.9 Å². The maximum Gasteiger partial charge on any atom is 0.175 e. The van der Waals surface area contributed by atoms with Crippen LogP contribution in [0.3, 0.4) is 0 Å². The van der Waals surface area contributed by atoms with E-state index in [0.717, 1.165) is 22.1 Å². The molecule has 2 N–H and O–H groups in total. The van der Waals surface area contributed by atoms with Crippen LogP contribution in [0, 0.1) is 0 Å². The average Bonchev–Trinajstić information content (AvgIpc) is 2.93. The van der Waals surface area contributed by atoms with Crippen molar-refractivity contribution < 1.29 is 9.47 Å². The second-order valence-electron chi connectivity index (χ2n) is 4.31. The molecule has 0 fully saturated rings. The Morgan fingerprint density at radius 2 is 2.15 bits per heavy atom. The van der Waals surface area contributed by atoms with E-state index in [-0.39, 0.29) is 0 Å². The standard InChI is InChI=1S/C14H18BrN3O2/c1-3-18-8-11(7-17-18)9-20-14-12(15)4-10(6-16)5-13(14)19-2/h4-5,7-8H,3,6,9,16H2,1-2H3. The van der Waals surface area contributed by atoms with E-state index in [1.165, 1.54) is 0 Å². The fourth-order valence-electron chi connectivity index (χ4n) is 1.84.